The maximum absolute atomic E-state index is 13.5. The average Bonchev–Trinajstić information content (AvgIpc) is 2.79. The van der Waals surface area contributed by atoms with E-state index in [0.29, 0.717) is 22.5 Å². The zero-order chi connectivity index (χ0) is 25.3. The molecule has 0 unspecified atom stereocenters. The van der Waals surface area contributed by atoms with Crippen molar-refractivity contribution in [2.45, 2.75) is 39.3 Å². The number of benzene rings is 2. The fourth-order valence-corrected chi connectivity index (χ4v) is 4.56. The topological polar surface area (TPSA) is 96.0 Å². The molecule has 186 valence electrons. The molecule has 0 radical (unpaired) electrons. The summed E-state index contributed by atoms with van der Waals surface area (Å²) in [4.78, 5) is 27.7. The van der Waals surface area contributed by atoms with Gasteiger partial charge in [0, 0.05) is 17.6 Å². The molecule has 2 rings (SSSR count). The second-order valence-electron chi connectivity index (χ2n) is 7.94. The molecule has 1 N–H and O–H groups in total. The molecular weight excluding hydrogens is 522 g/mol. The van der Waals surface area contributed by atoms with Crippen molar-refractivity contribution in [3.8, 4) is 5.75 Å². The molecule has 0 heterocycles. The normalized spacial score (nSPS) is 12.0. The van der Waals surface area contributed by atoms with E-state index in [1.165, 1.54) is 4.90 Å². The molecule has 0 spiro atoms. The highest BCUT2D eigenvalue weighted by Crippen LogP contribution is 2.23. The summed E-state index contributed by atoms with van der Waals surface area (Å²) >= 11 is 3.34. The van der Waals surface area contributed by atoms with Crippen LogP contribution in [0, 0.1) is 0 Å². The third-order valence-corrected chi connectivity index (χ3v) is 6.89. The number of hydrogen-bond donors (Lipinski definition) is 1. The fraction of sp³-hybridized carbons (Fsp3) is 0.417. The van der Waals surface area contributed by atoms with Crippen molar-refractivity contribution < 1.29 is 22.7 Å². The van der Waals surface area contributed by atoms with Gasteiger partial charge in [0.25, 0.3) is 0 Å². The Balaban J connectivity index is 2.36. The van der Waals surface area contributed by atoms with E-state index < -0.39 is 28.5 Å². The summed E-state index contributed by atoms with van der Waals surface area (Å²) in [6, 6.07) is 13.1. The summed E-state index contributed by atoms with van der Waals surface area (Å²) in [7, 11) is -2.22. The van der Waals surface area contributed by atoms with Crippen molar-refractivity contribution in [3.05, 3.63) is 58.6 Å². The number of nitrogens with zero attached hydrogens (tertiary/aromatic N) is 2. The van der Waals surface area contributed by atoms with Gasteiger partial charge in [-0.25, -0.2) is 8.42 Å². The maximum Gasteiger partial charge on any atom is 0.244 e. The molecule has 0 aromatic heterocycles. The number of anilines is 1. The number of ether oxygens (including phenoxy) is 1. The van der Waals surface area contributed by atoms with E-state index >= 15 is 0 Å². The number of carbonyl (C=O) groups is 2. The molecule has 2 amide bonds. The van der Waals surface area contributed by atoms with E-state index in [9.17, 15) is 18.0 Å². The first-order chi connectivity index (χ1) is 16.1. The van der Waals surface area contributed by atoms with Crippen LogP contribution >= 0.6 is 15.9 Å². The number of unbranched alkanes of at least 4 members (excludes halogenated alkanes) is 1. The lowest BCUT2D eigenvalue weighted by atomic mass is 10.1. The number of sulfonamides is 1. The summed E-state index contributed by atoms with van der Waals surface area (Å²) < 4.78 is 32.1. The van der Waals surface area contributed by atoms with Crippen LogP contribution in [0.4, 0.5) is 5.69 Å². The number of carbonyl (C=O) groups excluding carboxylic acids is 2. The lowest BCUT2D eigenvalue weighted by molar-refractivity contribution is -0.139. The van der Waals surface area contributed by atoms with Crippen LogP contribution in [0.2, 0.25) is 0 Å². The molecule has 34 heavy (non-hydrogen) atoms. The molecule has 0 saturated heterocycles. The smallest absolute Gasteiger partial charge is 0.244 e. The second-order valence-corrected chi connectivity index (χ2v) is 10.8. The highest BCUT2D eigenvalue weighted by Gasteiger charge is 2.30. The summed E-state index contributed by atoms with van der Waals surface area (Å²) in [6.45, 7) is 3.86. The second kappa shape index (κ2) is 12.8. The predicted octanol–water partition coefficient (Wildman–Crippen LogP) is 3.56. The molecule has 0 aliphatic heterocycles. The first-order valence-corrected chi connectivity index (χ1v) is 13.6. The standard InChI is InChI=1S/C24H32BrN3O5S/c1-5-6-13-26-24(30)18(2)27(16-19-9-7-12-22(14-19)33-3)23(29)17-28(34(4,31)32)21-11-8-10-20(25)15-21/h7-12,14-15,18H,5-6,13,16-17H2,1-4H3,(H,26,30)/t18-/m0/s1. The first-order valence-electron chi connectivity index (χ1n) is 11.0. The lowest BCUT2D eigenvalue weighted by Crippen LogP contribution is -2.51. The highest BCUT2D eigenvalue weighted by molar-refractivity contribution is 9.10. The van der Waals surface area contributed by atoms with Gasteiger partial charge in [0.05, 0.1) is 19.1 Å². The number of hydrogen-bond acceptors (Lipinski definition) is 5. The summed E-state index contributed by atoms with van der Waals surface area (Å²) in [5.74, 6) is -0.165. The number of nitrogens with one attached hydrogen (secondary N) is 1. The minimum Gasteiger partial charge on any atom is -0.497 e. The Hall–Kier alpha value is -2.59. The quantitative estimate of drug-likeness (QED) is 0.405. The van der Waals surface area contributed by atoms with E-state index in [1.807, 2.05) is 13.0 Å². The Kier molecular flexibility index (Phi) is 10.4. The van der Waals surface area contributed by atoms with Crippen LogP contribution in [0.15, 0.2) is 53.0 Å². The van der Waals surface area contributed by atoms with Gasteiger partial charge in [-0.2, -0.15) is 0 Å². The van der Waals surface area contributed by atoms with Gasteiger partial charge in [-0.05, 0) is 49.2 Å². The van der Waals surface area contributed by atoms with Crippen LogP contribution in [-0.2, 0) is 26.2 Å². The van der Waals surface area contributed by atoms with Crippen LogP contribution in [0.3, 0.4) is 0 Å². The average molecular weight is 555 g/mol. The van der Waals surface area contributed by atoms with Gasteiger partial charge in [0.2, 0.25) is 21.8 Å². The van der Waals surface area contributed by atoms with Crippen LogP contribution in [0.5, 0.6) is 5.75 Å². The van der Waals surface area contributed by atoms with Gasteiger partial charge in [-0.3, -0.25) is 13.9 Å². The molecule has 0 aliphatic carbocycles. The Bertz CT molecular complexity index is 1090. The van der Waals surface area contributed by atoms with Gasteiger partial charge in [0.15, 0.2) is 0 Å². The SMILES string of the molecule is CCCCNC(=O)[C@H](C)N(Cc1cccc(OC)c1)C(=O)CN(c1cccc(Br)c1)S(C)(=O)=O. The molecule has 0 saturated carbocycles. The molecular formula is C24H32BrN3O5S. The zero-order valence-corrected chi connectivity index (χ0v) is 22.4. The molecule has 0 aliphatic rings. The van der Waals surface area contributed by atoms with Gasteiger partial charge in [0.1, 0.15) is 18.3 Å². The van der Waals surface area contributed by atoms with Gasteiger partial charge >= 0.3 is 0 Å². The minimum atomic E-state index is -3.77. The third kappa shape index (κ3) is 8.02. The van der Waals surface area contributed by atoms with Crippen molar-refractivity contribution in [2.24, 2.45) is 0 Å². The van der Waals surface area contributed by atoms with E-state index in [1.54, 1.807) is 56.5 Å². The van der Waals surface area contributed by atoms with Gasteiger partial charge < -0.3 is 15.0 Å². The zero-order valence-electron chi connectivity index (χ0n) is 20.0. The van der Waals surface area contributed by atoms with Crippen LogP contribution in [0.25, 0.3) is 0 Å². The minimum absolute atomic E-state index is 0.120. The Morgan fingerprint density at radius 3 is 2.47 bits per heavy atom. The number of rotatable bonds is 12. The molecule has 2 aromatic rings. The maximum atomic E-state index is 13.5. The number of halogens is 1. The van der Waals surface area contributed by atoms with E-state index in [4.69, 9.17) is 4.74 Å². The van der Waals surface area contributed by atoms with Crippen molar-refractivity contribution in [1.29, 1.82) is 0 Å². The van der Waals surface area contributed by atoms with E-state index in [0.717, 1.165) is 29.0 Å². The fourth-order valence-electron chi connectivity index (χ4n) is 3.33. The Labute approximate surface area is 210 Å². The summed E-state index contributed by atoms with van der Waals surface area (Å²) in [5.41, 5.74) is 1.11. The molecule has 1 atom stereocenters. The third-order valence-electron chi connectivity index (χ3n) is 5.26. The molecule has 10 heteroatoms. The first kappa shape index (κ1) is 27.7. The van der Waals surface area contributed by atoms with Crippen molar-refractivity contribution in [1.82, 2.24) is 10.2 Å². The molecule has 0 bridgehead atoms. The van der Waals surface area contributed by atoms with Crippen molar-refractivity contribution >= 4 is 43.5 Å². The Morgan fingerprint density at radius 1 is 1.15 bits per heavy atom. The van der Waals surface area contributed by atoms with Gasteiger partial charge in [-0.15, -0.1) is 0 Å². The largest absolute Gasteiger partial charge is 0.497 e. The Morgan fingerprint density at radius 2 is 1.85 bits per heavy atom. The molecule has 8 nitrogen and oxygen atoms in total. The summed E-state index contributed by atoms with van der Waals surface area (Å²) in [5, 5.41) is 2.85. The number of amides is 2. The van der Waals surface area contributed by atoms with Crippen LogP contribution in [-0.4, -0.2) is 57.6 Å². The monoisotopic (exact) mass is 553 g/mol. The van der Waals surface area contributed by atoms with Crippen molar-refractivity contribution in [3.63, 3.8) is 0 Å². The highest BCUT2D eigenvalue weighted by atomic mass is 79.9. The van der Waals surface area contributed by atoms with Crippen LogP contribution < -0.4 is 14.4 Å². The summed E-state index contributed by atoms with van der Waals surface area (Å²) in [6.07, 6.45) is 2.80. The molecule has 2 aromatic carbocycles. The molecule has 0 fully saturated rings. The lowest BCUT2D eigenvalue weighted by Gasteiger charge is -2.31. The van der Waals surface area contributed by atoms with Gasteiger partial charge in [-0.1, -0.05) is 47.5 Å². The number of methoxy groups -OCH3 is 1. The predicted molar refractivity (Wildman–Crippen MR) is 137 cm³/mol. The van der Waals surface area contributed by atoms with E-state index in [2.05, 4.69) is 21.2 Å². The van der Waals surface area contributed by atoms with Crippen molar-refractivity contribution in [2.75, 3.05) is 30.8 Å². The van der Waals surface area contributed by atoms with E-state index in [-0.39, 0.29) is 12.5 Å². The van der Waals surface area contributed by atoms with Crippen LogP contribution in [0.1, 0.15) is 32.3 Å².